The third-order valence-electron chi connectivity index (χ3n) is 3.85. The predicted molar refractivity (Wildman–Crippen MR) is 86.2 cm³/mol. The van der Waals surface area contributed by atoms with E-state index in [0.29, 0.717) is 6.61 Å². The molecule has 1 aromatic carbocycles. The van der Waals surface area contributed by atoms with E-state index in [1.54, 1.807) is 7.11 Å². The van der Waals surface area contributed by atoms with Crippen LogP contribution in [0.3, 0.4) is 0 Å². The predicted octanol–water partition coefficient (Wildman–Crippen LogP) is 2.27. The molecule has 0 atom stereocenters. The highest BCUT2D eigenvalue weighted by atomic mass is 16.5. The van der Waals surface area contributed by atoms with Crippen LogP contribution < -0.4 is 9.47 Å². The Bertz CT molecular complexity index is 440. The van der Waals surface area contributed by atoms with E-state index in [9.17, 15) is 0 Å². The van der Waals surface area contributed by atoms with E-state index in [2.05, 4.69) is 28.9 Å². The molecule has 1 heterocycles. The number of piperazine rings is 1. The summed E-state index contributed by atoms with van der Waals surface area (Å²) < 4.78 is 11.0. The van der Waals surface area contributed by atoms with Crippen molar-refractivity contribution in [3.8, 4) is 11.5 Å². The van der Waals surface area contributed by atoms with E-state index < -0.39 is 0 Å². The monoisotopic (exact) mass is 290 g/mol. The molecule has 0 bridgehead atoms. The van der Waals surface area contributed by atoms with Crippen LogP contribution in [0.5, 0.6) is 11.5 Å². The summed E-state index contributed by atoms with van der Waals surface area (Å²) in [7, 11) is 1.66. The first kappa shape index (κ1) is 15.9. The molecule has 1 aliphatic rings. The summed E-state index contributed by atoms with van der Waals surface area (Å²) in [6.45, 7) is 9.66. The lowest BCUT2D eigenvalue weighted by molar-refractivity contribution is 0.148. The second-order valence-corrected chi connectivity index (χ2v) is 5.17. The standard InChI is InChI=1S/C17H26N2O2/c1-3-18-11-13-19(14-12-18)10-6-7-15-21-17-9-5-4-8-16(17)20-2/h4-9H,3,10-15H2,1-2H3. The summed E-state index contributed by atoms with van der Waals surface area (Å²) in [6.07, 6.45) is 4.27. The van der Waals surface area contributed by atoms with Crippen LogP contribution in [0.25, 0.3) is 0 Å². The molecule has 0 radical (unpaired) electrons. The van der Waals surface area contributed by atoms with E-state index in [0.717, 1.165) is 37.7 Å². The van der Waals surface area contributed by atoms with Crippen LogP contribution in [0, 0.1) is 0 Å². The zero-order chi connectivity index (χ0) is 14.9. The van der Waals surface area contributed by atoms with Crippen molar-refractivity contribution in [1.29, 1.82) is 0 Å². The van der Waals surface area contributed by atoms with Crippen LogP contribution in [0.15, 0.2) is 36.4 Å². The number of hydrogen-bond acceptors (Lipinski definition) is 4. The van der Waals surface area contributed by atoms with E-state index in [1.807, 2.05) is 24.3 Å². The fraction of sp³-hybridized carbons (Fsp3) is 0.529. The first-order chi connectivity index (χ1) is 10.3. The van der Waals surface area contributed by atoms with Crippen LogP contribution >= 0.6 is 0 Å². The van der Waals surface area contributed by atoms with Crippen LogP contribution in [0.4, 0.5) is 0 Å². The largest absolute Gasteiger partial charge is 0.493 e. The summed E-state index contributed by atoms with van der Waals surface area (Å²) >= 11 is 0. The first-order valence-electron chi connectivity index (χ1n) is 7.69. The molecule has 0 aromatic heterocycles. The van der Waals surface area contributed by atoms with Gasteiger partial charge in [0.05, 0.1) is 7.11 Å². The lowest BCUT2D eigenvalue weighted by atomic mass is 10.3. The molecule has 1 aliphatic heterocycles. The summed E-state index contributed by atoms with van der Waals surface area (Å²) in [5.74, 6) is 1.57. The van der Waals surface area contributed by atoms with Crippen molar-refractivity contribution in [3.63, 3.8) is 0 Å². The van der Waals surface area contributed by atoms with Gasteiger partial charge in [-0.25, -0.2) is 0 Å². The molecule has 0 unspecified atom stereocenters. The van der Waals surface area contributed by atoms with Crippen molar-refractivity contribution >= 4 is 0 Å². The molecule has 116 valence electrons. The van der Waals surface area contributed by atoms with Crippen molar-refractivity contribution in [3.05, 3.63) is 36.4 Å². The zero-order valence-corrected chi connectivity index (χ0v) is 13.1. The first-order valence-corrected chi connectivity index (χ1v) is 7.69. The van der Waals surface area contributed by atoms with Crippen LogP contribution in [-0.4, -0.2) is 62.8 Å². The number of nitrogens with zero attached hydrogens (tertiary/aromatic N) is 2. The van der Waals surface area contributed by atoms with Crippen molar-refractivity contribution in [2.24, 2.45) is 0 Å². The van der Waals surface area contributed by atoms with Gasteiger partial charge in [-0.05, 0) is 18.7 Å². The van der Waals surface area contributed by atoms with Gasteiger partial charge in [0, 0.05) is 32.7 Å². The number of hydrogen-bond donors (Lipinski definition) is 0. The van der Waals surface area contributed by atoms with E-state index >= 15 is 0 Å². The highest BCUT2D eigenvalue weighted by Crippen LogP contribution is 2.25. The van der Waals surface area contributed by atoms with Gasteiger partial charge >= 0.3 is 0 Å². The summed E-state index contributed by atoms with van der Waals surface area (Å²) in [6, 6.07) is 7.73. The Kier molecular flexibility index (Phi) is 6.57. The number of benzene rings is 1. The highest BCUT2D eigenvalue weighted by molar-refractivity contribution is 5.39. The van der Waals surface area contributed by atoms with E-state index in [1.165, 1.54) is 13.1 Å². The quantitative estimate of drug-likeness (QED) is 0.719. The van der Waals surface area contributed by atoms with Gasteiger partial charge < -0.3 is 14.4 Å². The molecular weight excluding hydrogens is 264 g/mol. The van der Waals surface area contributed by atoms with Crippen molar-refractivity contribution < 1.29 is 9.47 Å². The SMILES string of the molecule is CCN1CCN(CC=CCOc2ccccc2OC)CC1. The Hall–Kier alpha value is -1.52. The minimum Gasteiger partial charge on any atom is -0.493 e. The molecule has 0 aliphatic carbocycles. The van der Waals surface area contributed by atoms with Crippen molar-refractivity contribution in [2.75, 3.05) is 53.0 Å². The molecule has 2 rings (SSSR count). The fourth-order valence-corrected chi connectivity index (χ4v) is 2.46. The molecule has 1 aromatic rings. The van der Waals surface area contributed by atoms with Gasteiger partial charge in [0.1, 0.15) is 6.61 Å². The van der Waals surface area contributed by atoms with Crippen LogP contribution in [0.1, 0.15) is 6.92 Å². The van der Waals surface area contributed by atoms with Crippen molar-refractivity contribution in [2.45, 2.75) is 6.92 Å². The second-order valence-electron chi connectivity index (χ2n) is 5.17. The Morgan fingerprint density at radius 1 is 1.00 bits per heavy atom. The Morgan fingerprint density at radius 2 is 1.67 bits per heavy atom. The lowest BCUT2D eigenvalue weighted by Crippen LogP contribution is -2.46. The van der Waals surface area contributed by atoms with Gasteiger partial charge in [-0.1, -0.05) is 31.2 Å². The maximum absolute atomic E-state index is 5.71. The van der Waals surface area contributed by atoms with Crippen LogP contribution in [-0.2, 0) is 0 Å². The smallest absolute Gasteiger partial charge is 0.161 e. The minimum absolute atomic E-state index is 0.579. The van der Waals surface area contributed by atoms with Gasteiger partial charge in [0.2, 0.25) is 0 Å². The van der Waals surface area contributed by atoms with E-state index in [4.69, 9.17) is 9.47 Å². The highest BCUT2D eigenvalue weighted by Gasteiger charge is 2.13. The van der Waals surface area contributed by atoms with Crippen molar-refractivity contribution in [1.82, 2.24) is 9.80 Å². The molecule has 4 heteroatoms. The van der Waals surface area contributed by atoms with Gasteiger partial charge in [-0.3, -0.25) is 4.90 Å². The average Bonchev–Trinajstić information content (AvgIpc) is 2.55. The number of para-hydroxylation sites is 2. The Morgan fingerprint density at radius 3 is 2.33 bits per heavy atom. The molecule has 4 nitrogen and oxygen atoms in total. The molecule has 0 saturated carbocycles. The summed E-state index contributed by atoms with van der Waals surface area (Å²) in [4.78, 5) is 4.97. The molecule has 1 fully saturated rings. The summed E-state index contributed by atoms with van der Waals surface area (Å²) in [5.41, 5.74) is 0. The van der Waals surface area contributed by atoms with Gasteiger partial charge in [0.15, 0.2) is 11.5 Å². The topological polar surface area (TPSA) is 24.9 Å². The maximum atomic E-state index is 5.71. The van der Waals surface area contributed by atoms with Gasteiger partial charge in [-0.15, -0.1) is 0 Å². The third kappa shape index (κ3) is 5.06. The van der Waals surface area contributed by atoms with Gasteiger partial charge in [-0.2, -0.15) is 0 Å². The normalized spacial score (nSPS) is 17.2. The third-order valence-corrected chi connectivity index (χ3v) is 3.85. The Labute approximate surface area is 127 Å². The minimum atomic E-state index is 0.579. The molecule has 0 N–H and O–H groups in total. The van der Waals surface area contributed by atoms with Gasteiger partial charge in [0.25, 0.3) is 0 Å². The lowest BCUT2D eigenvalue weighted by Gasteiger charge is -2.33. The molecule has 0 spiro atoms. The molecular formula is C17H26N2O2. The number of methoxy groups -OCH3 is 1. The zero-order valence-electron chi connectivity index (χ0n) is 13.1. The van der Waals surface area contributed by atoms with E-state index in [-0.39, 0.29) is 0 Å². The molecule has 21 heavy (non-hydrogen) atoms. The Balaban J connectivity index is 1.67. The second kappa shape index (κ2) is 8.70. The van der Waals surface area contributed by atoms with Crippen LogP contribution in [0.2, 0.25) is 0 Å². The summed E-state index contributed by atoms with van der Waals surface area (Å²) in [5, 5.41) is 0. The number of ether oxygens (including phenoxy) is 2. The maximum Gasteiger partial charge on any atom is 0.161 e. The molecule has 0 amide bonds. The number of rotatable bonds is 7. The molecule has 1 saturated heterocycles. The number of likely N-dealkylation sites (N-methyl/N-ethyl adjacent to an activating group) is 1. The average molecular weight is 290 g/mol. The fourth-order valence-electron chi connectivity index (χ4n) is 2.46.